The van der Waals surface area contributed by atoms with Gasteiger partial charge in [-0.05, 0) is 46.3 Å². The number of guanidine groups is 1. The van der Waals surface area contributed by atoms with Gasteiger partial charge >= 0.3 is 0 Å². The maximum Gasteiger partial charge on any atom is 0.191 e. The molecule has 0 spiro atoms. The Bertz CT molecular complexity index is 656. The number of nitrogens with zero attached hydrogens (tertiary/aromatic N) is 3. The standard InChI is InChI=1S/C23H39N5O/c1-5-24-23(26-18-14-15-28(17-18)19-10-6-7-11-19)25-16-21(27(2)3)20-12-8-9-13-22(20)29-4/h8-9,12-13,18-19,21H,5-7,10-11,14-17H2,1-4H3,(H2,24,25,26). The van der Waals surface area contributed by atoms with Gasteiger partial charge in [-0.2, -0.15) is 0 Å². The number of likely N-dealkylation sites (N-methyl/N-ethyl adjacent to an activating group) is 1. The molecule has 0 bridgehead atoms. The van der Waals surface area contributed by atoms with Crippen molar-refractivity contribution in [2.24, 2.45) is 4.99 Å². The van der Waals surface area contributed by atoms with E-state index in [1.807, 2.05) is 12.1 Å². The molecule has 6 heteroatoms. The summed E-state index contributed by atoms with van der Waals surface area (Å²) in [5.74, 6) is 1.84. The Hall–Kier alpha value is -1.79. The number of aliphatic imine (C=N–C) groups is 1. The first-order chi connectivity index (χ1) is 14.1. The molecule has 2 fully saturated rings. The average Bonchev–Trinajstić information content (AvgIpc) is 3.40. The van der Waals surface area contributed by atoms with Gasteiger partial charge in [0.05, 0.1) is 19.7 Å². The van der Waals surface area contributed by atoms with Gasteiger partial charge in [-0.25, -0.2) is 0 Å². The van der Waals surface area contributed by atoms with Crippen LogP contribution in [0.1, 0.15) is 50.6 Å². The normalized spacial score (nSPS) is 22.2. The molecule has 1 aliphatic heterocycles. The number of likely N-dealkylation sites (tertiary alicyclic amines) is 1. The minimum Gasteiger partial charge on any atom is -0.496 e. The lowest BCUT2D eigenvalue weighted by atomic mass is 10.0. The fraction of sp³-hybridized carbons (Fsp3) is 0.696. The second-order valence-electron chi connectivity index (χ2n) is 8.50. The average molecular weight is 402 g/mol. The molecule has 162 valence electrons. The molecule has 1 saturated carbocycles. The van der Waals surface area contributed by atoms with Gasteiger partial charge in [-0.1, -0.05) is 31.0 Å². The molecular weight excluding hydrogens is 362 g/mol. The van der Waals surface area contributed by atoms with E-state index in [9.17, 15) is 0 Å². The highest BCUT2D eigenvalue weighted by molar-refractivity contribution is 5.80. The zero-order valence-electron chi connectivity index (χ0n) is 18.7. The second-order valence-corrected chi connectivity index (χ2v) is 8.50. The molecule has 1 aromatic rings. The summed E-state index contributed by atoms with van der Waals surface area (Å²) < 4.78 is 5.59. The lowest BCUT2D eigenvalue weighted by Gasteiger charge is -2.26. The summed E-state index contributed by atoms with van der Waals surface area (Å²) in [4.78, 5) is 9.85. The van der Waals surface area contributed by atoms with Crippen LogP contribution in [-0.2, 0) is 0 Å². The molecule has 2 unspecified atom stereocenters. The van der Waals surface area contributed by atoms with Crippen molar-refractivity contribution in [3.8, 4) is 5.75 Å². The predicted octanol–water partition coefficient (Wildman–Crippen LogP) is 2.87. The second kappa shape index (κ2) is 10.8. The molecule has 1 aromatic carbocycles. The molecule has 29 heavy (non-hydrogen) atoms. The van der Waals surface area contributed by atoms with Crippen molar-refractivity contribution in [3.63, 3.8) is 0 Å². The van der Waals surface area contributed by atoms with Crippen molar-refractivity contribution in [2.75, 3.05) is 47.4 Å². The molecule has 2 aliphatic rings. The van der Waals surface area contributed by atoms with Crippen LogP contribution in [0.25, 0.3) is 0 Å². The van der Waals surface area contributed by atoms with E-state index >= 15 is 0 Å². The number of benzene rings is 1. The van der Waals surface area contributed by atoms with Crippen molar-refractivity contribution >= 4 is 5.96 Å². The van der Waals surface area contributed by atoms with Crippen LogP contribution < -0.4 is 15.4 Å². The van der Waals surface area contributed by atoms with Crippen molar-refractivity contribution in [2.45, 2.75) is 57.2 Å². The van der Waals surface area contributed by atoms with Gasteiger partial charge in [0.2, 0.25) is 0 Å². The third kappa shape index (κ3) is 5.86. The maximum absolute atomic E-state index is 5.59. The Kier molecular flexibility index (Phi) is 8.19. The first-order valence-electron chi connectivity index (χ1n) is 11.2. The Morgan fingerprint density at radius 1 is 1.24 bits per heavy atom. The highest BCUT2D eigenvalue weighted by Gasteiger charge is 2.30. The van der Waals surface area contributed by atoms with E-state index in [1.165, 1.54) is 44.2 Å². The monoisotopic (exact) mass is 401 g/mol. The van der Waals surface area contributed by atoms with Crippen LogP contribution in [0.3, 0.4) is 0 Å². The van der Waals surface area contributed by atoms with Gasteiger partial charge < -0.3 is 20.3 Å². The Labute approximate surface area is 176 Å². The third-order valence-electron chi connectivity index (χ3n) is 6.29. The van der Waals surface area contributed by atoms with E-state index < -0.39 is 0 Å². The van der Waals surface area contributed by atoms with Crippen molar-refractivity contribution < 1.29 is 4.74 Å². The number of hydrogen-bond donors (Lipinski definition) is 2. The largest absolute Gasteiger partial charge is 0.496 e. The lowest BCUT2D eigenvalue weighted by Crippen LogP contribution is -2.45. The van der Waals surface area contributed by atoms with E-state index in [0.29, 0.717) is 12.6 Å². The van der Waals surface area contributed by atoms with Crippen molar-refractivity contribution in [1.29, 1.82) is 0 Å². The fourth-order valence-electron chi connectivity index (χ4n) is 4.68. The van der Waals surface area contributed by atoms with Crippen LogP contribution in [0.15, 0.2) is 29.3 Å². The van der Waals surface area contributed by atoms with Crippen LogP contribution in [0.5, 0.6) is 5.75 Å². The molecule has 1 saturated heterocycles. The topological polar surface area (TPSA) is 52.1 Å². The molecule has 2 atom stereocenters. The summed E-state index contributed by atoms with van der Waals surface area (Å²) in [6, 6.07) is 9.70. The van der Waals surface area contributed by atoms with Gasteiger partial charge in [0.15, 0.2) is 5.96 Å². The highest BCUT2D eigenvalue weighted by atomic mass is 16.5. The number of ether oxygens (including phenoxy) is 1. The molecule has 0 amide bonds. The molecular formula is C23H39N5O. The van der Waals surface area contributed by atoms with Crippen molar-refractivity contribution in [3.05, 3.63) is 29.8 Å². The number of nitrogens with one attached hydrogen (secondary N) is 2. The zero-order valence-corrected chi connectivity index (χ0v) is 18.7. The summed E-state index contributed by atoms with van der Waals surface area (Å²) in [7, 11) is 5.93. The Morgan fingerprint density at radius 3 is 2.69 bits per heavy atom. The molecule has 1 aliphatic carbocycles. The Balaban J connectivity index is 1.64. The SMILES string of the molecule is CCNC(=NCC(c1ccccc1OC)N(C)C)NC1CCN(C2CCCC2)C1. The summed E-state index contributed by atoms with van der Waals surface area (Å²) in [5.41, 5.74) is 1.17. The molecule has 1 heterocycles. The third-order valence-corrected chi connectivity index (χ3v) is 6.29. The molecule has 6 nitrogen and oxygen atoms in total. The summed E-state index contributed by atoms with van der Waals surface area (Å²) in [6.45, 7) is 6.02. The van der Waals surface area contributed by atoms with Crippen molar-refractivity contribution in [1.82, 2.24) is 20.4 Å². The van der Waals surface area contributed by atoms with E-state index in [2.05, 4.69) is 53.6 Å². The smallest absolute Gasteiger partial charge is 0.191 e. The molecule has 2 N–H and O–H groups in total. The van der Waals surface area contributed by atoms with Crippen LogP contribution in [-0.4, -0.2) is 75.2 Å². The summed E-state index contributed by atoms with van der Waals surface area (Å²) in [5, 5.41) is 7.13. The summed E-state index contributed by atoms with van der Waals surface area (Å²) in [6.07, 6.45) is 6.76. The molecule has 0 aromatic heterocycles. The van der Waals surface area contributed by atoms with Crippen LogP contribution >= 0.6 is 0 Å². The van der Waals surface area contributed by atoms with Gasteiger partial charge in [0.1, 0.15) is 5.75 Å². The van der Waals surface area contributed by atoms with E-state index in [-0.39, 0.29) is 6.04 Å². The number of methoxy groups -OCH3 is 1. The minimum absolute atomic E-state index is 0.167. The Morgan fingerprint density at radius 2 is 2.00 bits per heavy atom. The quantitative estimate of drug-likeness (QED) is 0.518. The van der Waals surface area contributed by atoms with Gasteiger partial charge in [-0.3, -0.25) is 9.89 Å². The highest BCUT2D eigenvalue weighted by Crippen LogP contribution is 2.28. The number of rotatable bonds is 8. The zero-order chi connectivity index (χ0) is 20.6. The number of para-hydroxylation sites is 1. The fourth-order valence-corrected chi connectivity index (χ4v) is 4.68. The van der Waals surface area contributed by atoms with Crippen LogP contribution in [0.2, 0.25) is 0 Å². The number of hydrogen-bond acceptors (Lipinski definition) is 4. The van der Waals surface area contributed by atoms with E-state index in [1.54, 1.807) is 7.11 Å². The van der Waals surface area contributed by atoms with Gasteiger partial charge in [0.25, 0.3) is 0 Å². The predicted molar refractivity (Wildman–Crippen MR) is 121 cm³/mol. The maximum atomic E-state index is 5.59. The van der Waals surface area contributed by atoms with Crippen LogP contribution in [0, 0.1) is 0 Å². The first kappa shape index (κ1) is 21.9. The van der Waals surface area contributed by atoms with E-state index in [0.717, 1.165) is 30.8 Å². The molecule has 0 radical (unpaired) electrons. The van der Waals surface area contributed by atoms with E-state index in [4.69, 9.17) is 9.73 Å². The molecule has 3 rings (SSSR count). The first-order valence-corrected chi connectivity index (χ1v) is 11.2. The summed E-state index contributed by atoms with van der Waals surface area (Å²) >= 11 is 0. The lowest BCUT2D eigenvalue weighted by molar-refractivity contribution is 0.242. The minimum atomic E-state index is 0.167. The van der Waals surface area contributed by atoms with Crippen LogP contribution in [0.4, 0.5) is 0 Å². The van der Waals surface area contributed by atoms with Gasteiger partial charge in [0, 0.05) is 37.3 Å². The van der Waals surface area contributed by atoms with Gasteiger partial charge in [-0.15, -0.1) is 0 Å².